The lowest BCUT2D eigenvalue weighted by atomic mass is 10.2. The Hall–Kier alpha value is -1.85. The van der Waals surface area contributed by atoms with Crippen molar-refractivity contribution in [2.45, 2.75) is 47.0 Å². The first-order chi connectivity index (χ1) is 10.1. The molecule has 0 fully saturated rings. The van der Waals surface area contributed by atoms with Crippen molar-refractivity contribution < 1.29 is 4.79 Å². The maximum atomic E-state index is 11.6. The van der Waals surface area contributed by atoms with E-state index >= 15 is 0 Å². The van der Waals surface area contributed by atoms with Gasteiger partial charge in [0.1, 0.15) is 17.5 Å². The predicted molar refractivity (Wildman–Crippen MR) is 86.7 cm³/mol. The van der Waals surface area contributed by atoms with Crippen molar-refractivity contribution in [2.24, 2.45) is 0 Å². The van der Waals surface area contributed by atoms with Crippen LogP contribution in [0.2, 0.25) is 0 Å². The van der Waals surface area contributed by atoms with E-state index in [9.17, 15) is 4.79 Å². The molecule has 0 bridgehead atoms. The van der Waals surface area contributed by atoms with E-state index in [0.29, 0.717) is 13.0 Å². The Balaban J connectivity index is 2.65. The molecule has 1 heterocycles. The summed E-state index contributed by atoms with van der Waals surface area (Å²) in [5.41, 5.74) is 0.989. The van der Waals surface area contributed by atoms with Crippen LogP contribution >= 0.6 is 0 Å². The summed E-state index contributed by atoms with van der Waals surface area (Å²) in [6.45, 7) is 10.2. The number of carbonyl (C=O) groups excluding carboxylic acids is 1. The van der Waals surface area contributed by atoms with E-state index in [1.54, 1.807) is 0 Å². The molecule has 0 aromatic carbocycles. The highest BCUT2D eigenvalue weighted by Gasteiger charge is 2.10. The fourth-order valence-corrected chi connectivity index (χ4v) is 1.88. The number of hydrogen-bond donors (Lipinski definition) is 3. The summed E-state index contributed by atoms with van der Waals surface area (Å²) in [6, 6.07) is 0. The first kappa shape index (κ1) is 17.2. The minimum Gasteiger partial charge on any atom is -0.370 e. The fourth-order valence-electron chi connectivity index (χ4n) is 1.88. The highest BCUT2D eigenvalue weighted by Crippen LogP contribution is 2.20. The van der Waals surface area contributed by atoms with Crippen LogP contribution in [0.25, 0.3) is 0 Å². The third kappa shape index (κ3) is 5.57. The summed E-state index contributed by atoms with van der Waals surface area (Å²) in [5.74, 6) is 2.54. The minimum atomic E-state index is 0.0682. The van der Waals surface area contributed by atoms with Gasteiger partial charge in [0.15, 0.2) is 0 Å². The summed E-state index contributed by atoms with van der Waals surface area (Å²) in [4.78, 5) is 20.6. The van der Waals surface area contributed by atoms with Crippen LogP contribution < -0.4 is 16.0 Å². The van der Waals surface area contributed by atoms with Gasteiger partial charge in [-0.15, -0.1) is 0 Å². The Morgan fingerprint density at radius 3 is 2.29 bits per heavy atom. The second-order valence-corrected chi connectivity index (χ2v) is 4.87. The van der Waals surface area contributed by atoms with Crippen LogP contribution in [-0.4, -0.2) is 35.5 Å². The molecule has 1 aromatic heterocycles. The van der Waals surface area contributed by atoms with Crippen LogP contribution in [0.1, 0.15) is 45.0 Å². The van der Waals surface area contributed by atoms with Gasteiger partial charge in [-0.2, -0.15) is 0 Å². The number of aromatic nitrogens is 2. The number of rotatable bonds is 9. The molecule has 0 radical (unpaired) electrons. The maximum Gasteiger partial charge on any atom is 0.221 e. The lowest BCUT2D eigenvalue weighted by molar-refractivity contribution is -0.120. The van der Waals surface area contributed by atoms with Gasteiger partial charge < -0.3 is 16.0 Å². The van der Waals surface area contributed by atoms with Crippen LogP contribution in [0, 0.1) is 6.92 Å². The van der Waals surface area contributed by atoms with E-state index in [1.165, 1.54) is 0 Å². The van der Waals surface area contributed by atoms with Crippen molar-refractivity contribution in [1.29, 1.82) is 0 Å². The molecule has 0 atom stereocenters. The van der Waals surface area contributed by atoms with Crippen molar-refractivity contribution in [3.05, 3.63) is 11.4 Å². The number of aryl methyl sites for hydroxylation is 1. The largest absolute Gasteiger partial charge is 0.370 e. The average molecular weight is 293 g/mol. The zero-order valence-electron chi connectivity index (χ0n) is 13.5. The first-order valence-electron chi connectivity index (χ1n) is 7.74. The summed E-state index contributed by atoms with van der Waals surface area (Å²) in [5, 5.41) is 9.35. The van der Waals surface area contributed by atoms with E-state index < -0.39 is 0 Å². The zero-order chi connectivity index (χ0) is 15.7. The molecule has 1 rings (SSSR count). The second-order valence-electron chi connectivity index (χ2n) is 4.87. The minimum absolute atomic E-state index is 0.0682. The molecule has 0 unspecified atom stereocenters. The standard InChI is InChI=1S/C15H27N5O/c1-5-9-17-13(21)8-10-18-15-11(4)14(16-7-3)19-12(6-2)20-15/h5-10H2,1-4H3,(H,17,21)(H2,16,18,19,20). The van der Waals surface area contributed by atoms with Gasteiger partial charge in [0.2, 0.25) is 5.91 Å². The van der Waals surface area contributed by atoms with Gasteiger partial charge in [0.05, 0.1) is 0 Å². The SMILES string of the molecule is CCCNC(=O)CCNc1nc(CC)nc(NCC)c1C. The topological polar surface area (TPSA) is 78.9 Å². The normalized spacial score (nSPS) is 10.3. The predicted octanol–water partition coefficient (Wildman–Crippen LogP) is 2.11. The van der Waals surface area contributed by atoms with Crippen molar-refractivity contribution in [2.75, 3.05) is 30.3 Å². The molecule has 0 spiro atoms. The molecular weight excluding hydrogens is 266 g/mol. The Morgan fingerprint density at radius 1 is 1.05 bits per heavy atom. The molecule has 6 nitrogen and oxygen atoms in total. The van der Waals surface area contributed by atoms with Crippen molar-refractivity contribution in [3.8, 4) is 0 Å². The van der Waals surface area contributed by atoms with Gasteiger partial charge in [0, 0.05) is 38.0 Å². The Morgan fingerprint density at radius 2 is 1.71 bits per heavy atom. The quantitative estimate of drug-likeness (QED) is 0.650. The average Bonchev–Trinajstić information content (AvgIpc) is 2.48. The molecular formula is C15H27N5O. The fraction of sp³-hybridized carbons (Fsp3) is 0.667. The monoisotopic (exact) mass is 293 g/mol. The first-order valence-corrected chi connectivity index (χ1v) is 7.74. The number of hydrogen-bond acceptors (Lipinski definition) is 5. The molecule has 1 aromatic rings. The van der Waals surface area contributed by atoms with Gasteiger partial charge in [-0.3, -0.25) is 4.79 Å². The highest BCUT2D eigenvalue weighted by molar-refractivity contribution is 5.76. The molecule has 0 aliphatic rings. The van der Waals surface area contributed by atoms with Crippen LogP contribution in [-0.2, 0) is 11.2 Å². The molecule has 21 heavy (non-hydrogen) atoms. The summed E-state index contributed by atoms with van der Waals surface area (Å²) in [7, 11) is 0. The van der Waals surface area contributed by atoms with Crippen LogP contribution in [0.5, 0.6) is 0 Å². The number of anilines is 2. The van der Waals surface area contributed by atoms with Crippen LogP contribution in [0.4, 0.5) is 11.6 Å². The maximum absolute atomic E-state index is 11.6. The smallest absolute Gasteiger partial charge is 0.221 e. The molecule has 1 amide bonds. The second kappa shape index (κ2) is 9.15. The van der Waals surface area contributed by atoms with Crippen molar-refractivity contribution in [3.63, 3.8) is 0 Å². The Bertz CT molecular complexity index is 462. The third-order valence-electron chi connectivity index (χ3n) is 3.07. The summed E-state index contributed by atoms with van der Waals surface area (Å²) >= 11 is 0. The molecule has 0 aliphatic heterocycles. The molecule has 0 saturated heterocycles. The molecule has 118 valence electrons. The van der Waals surface area contributed by atoms with Gasteiger partial charge in [-0.25, -0.2) is 9.97 Å². The van der Waals surface area contributed by atoms with Crippen molar-refractivity contribution >= 4 is 17.5 Å². The molecule has 0 saturated carbocycles. The number of amides is 1. The molecule has 0 aliphatic carbocycles. The van der Waals surface area contributed by atoms with Gasteiger partial charge in [0.25, 0.3) is 0 Å². The van der Waals surface area contributed by atoms with Crippen LogP contribution in [0.15, 0.2) is 0 Å². The lowest BCUT2D eigenvalue weighted by Crippen LogP contribution is -2.26. The van der Waals surface area contributed by atoms with E-state index in [0.717, 1.165) is 49.0 Å². The number of nitrogens with zero attached hydrogens (tertiary/aromatic N) is 2. The van der Waals surface area contributed by atoms with E-state index in [1.807, 2.05) is 27.7 Å². The van der Waals surface area contributed by atoms with Gasteiger partial charge in [-0.05, 0) is 20.3 Å². The van der Waals surface area contributed by atoms with E-state index in [2.05, 4.69) is 25.9 Å². The van der Waals surface area contributed by atoms with Gasteiger partial charge in [-0.1, -0.05) is 13.8 Å². The van der Waals surface area contributed by atoms with E-state index in [4.69, 9.17) is 0 Å². The van der Waals surface area contributed by atoms with Crippen LogP contribution in [0.3, 0.4) is 0 Å². The Kier molecular flexibility index (Phi) is 7.50. The molecule has 3 N–H and O–H groups in total. The Labute approximate surface area is 127 Å². The summed E-state index contributed by atoms with van der Waals surface area (Å²) in [6.07, 6.45) is 2.18. The van der Waals surface area contributed by atoms with Gasteiger partial charge >= 0.3 is 0 Å². The highest BCUT2D eigenvalue weighted by atomic mass is 16.1. The third-order valence-corrected chi connectivity index (χ3v) is 3.07. The zero-order valence-corrected chi connectivity index (χ0v) is 13.5. The lowest BCUT2D eigenvalue weighted by Gasteiger charge is -2.14. The number of carbonyl (C=O) groups is 1. The summed E-state index contributed by atoms with van der Waals surface area (Å²) < 4.78 is 0. The number of nitrogens with one attached hydrogen (secondary N) is 3. The molecule has 6 heteroatoms. The van der Waals surface area contributed by atoms with Crippen molar-refractivity contribution in [1.82, 2.24) is 15.3 Å². The van der Waals surface area contributed by atoms with E-state index in [-0.39, 0.29) is 5.91 Å².